The maximum Gasteiger partial charge on any atom is 0.295 e. The third-order valence-electron chi connectivity index (χ3n) is 1.42. The molecule has 0 saturated heterocycles. The summed E-state index contributed by atoms with van der Waals surface area (Å²) < 4.78 is 5.90. The van der Waals surface area contributed by atoms with E-state index in [1.807, 2.05) is 12.0 Å². The lowest BCUT2D eigenvalue weighted by Gasteiger charge is -1.97. The highest BCUT2D eigenvalue weighted by molar-refractivity contribution is 9.10. The van der Waals surface area contributed by atoms with Crippen molar-refractivity contribution in [3.8, 4) is 12.3 Å². The minimum atomic E-state index is -0.398. The number of furan rings is 1. The monoisotopic (exact) mass is 241 g/mol. The number of carbonyl (C=O) groups is 1. The first kappa shape index (κ1) is 9.87. The molecular weight excluding hydrogens is 234 g/mol. The molecule has 68 valence electrons. The summed E-state index contributed by atoms with van der Waals surface area (Å²) in [6.07, 6.45) is 5.50. The molecule has 0 radical (unpaired) electrons. The number of rotatable bonds is 3. The van der Waals surface area contributed by atoms with Crippen LogP contribution in [-0.2, 0) is 11.2 Å². The van der Waals surface area contributed by atoms with Gasteiger partial charge in [-0.2, -0.15) is 0 Å². The fourth-order valence-corrected chi connectivity index (χ4v) is 1.18. The van der Waals surface area contributed by atoms with Crippen molar-refractivity contribution in [2.24, 2.45) is 0 Å². The van der Waals surface area contributed by atoms with Crippen LogP contribution in [0.4, 0.5) is 0 Å². The summed E-state index contributed by atoms with van der Waals surface area (Å²) in [5.41, 5.74) is 0. The topological polar surface area (TPSA) is 42.2 Å². The molecule has 0 unspecified atom stereocenters. The van der Waals surface area contributed by atoms with E-state index in [-0.39, 0.29) is 0 Å². The molecule has 0 spiro atoms. The highest BCUT2D eigenvalue weighted by Gasteiger charge is 1.99. The van der Waals surface area contributed by atoms with Gasteiger partial charge in [0, 0.05) is 13.0 Å². The zero-order chi connectivity index (χ0) is 9.68. The number of amides is 1. The first-order chi connectivity index (χ1) is 6.22. The summed E-state index contributed by atoms with van der Waals surface area (Å²) in [5.74, 6) is 2.38. The van der Waals surface area contributed by atoms with Crippen LogP contribution in [0.2, 0.25) is 0 Å². The molecule has 1 aromatic rings. The van der Waals surface area contributed by atoms with E-state index in [2.05, 4.69) is 21.2 Å². The van der Waals surface area contributed by atoms with Gasteiger partial charge >= 0.3 is 0 Å². The minimum Gasteiger partial charge on any atom is -0.454 e. The molecule has 0 saturated carbocycles. The Kier molecular flexibility index (Phi) is 3.59. The normalized spacial score (nSPS) is 9.23. The molecule has 1 aromatic heterocycles. The van der Waals surface area contributed by atoms with Gasteiger partial charge in [0.05, 0.1) is 0 Å². The zero-order valence-electron chi connectivity index (χ0n) is 6.84. The molecule has 13 heavy (non-hydrogen) atoms. The molecule has 0 fully saturated rings. The second-order valence-electron chi connectivity index (χ2n) is 2.36. The molecule has 1 rings (SSSR count). The van der Waals surface area contributed by atoms with Gasteiger partial charge in [-0.3, -0.25) is 4.79 Å². The van der Waals surface area contributed by atoms with Crippen LogP contribution in [0.5, 0.6) is 0 Å². The summed E-state index contributed by atoms with van der Waals surface area (Å²) in [4.78, 5) is 10.6. The van der Waals surface area contributed by atoms with Crippen molar-refractivity contribution >= 4 is 21.8 Å². The Balaban J connectivity index is 2.29. The molecular formula is C9H8BrNO2. The Morgan fingerprint density at radius 2 is 2.46 bits per heavy atom. The van der Waals surface area contributed by atoms with Crippen molar-refractivity contribution in [2.75, 3.05) is 6.54 Å². The number of terminal acetylenes is 1. The van der Waals surface area contributed by atoms with E-state index >= 15 is 0 Å². The quantitative estimate of drug-likeness (QED) is 0.812. The van der Waals surface area contributed by atoms with E-state index in [1.54, 1.807) is 6.07 Å². The highest BCUT2D eigenvalue weighted by atomic mass is 79.9. The summed E-state index contributed by atoms with van der Waals surface area (Å²) in [6.45, 7) is 0.489. The average Bonchev–Trinajstić information content (AvgIpc) is 2.51. The highest BCUT2D eigenvalue weighted by Crippen LogP contribution is 2.13. The second-order valence-corrected chi connectivity index (χ2v) is 3.14. The Morgan fingerprint density at radius 3 is 3.00 bits per heavy atom. The Labute approximate surface area is 84.6 Å². The van der Waals surface area contributed by atoms with Crippen LogP contribution < -0.4 is 5.32 Å². The third kappa shape index (κ3) is 3.34. The number of carbonyl (C=O) groups excluding carboxylic acids is 1. The Morgan fingerprint density at radius 1 is 1.69 bits per heavy atom. The summed E-state index contributed by atoms with van der Waals surface area (Å²) >= 11 is 3.18. The lowest BCUT2D eigenvalue weighted by atomic mass is 10.3. The fraction of sp³-hybridized carbons (Fsp3) is 0.222. The van der Waals surface area contributed by atoms with Gasteiger partial charge in [-0.1, -0.05) is 0 Å². The number of halogens is 1. The van der Waals surface area contributed by atoms with Crippen molar-refractivity contribution in [3.05, 3.63) is 22.6 Å². The molecule has 3 nitrogen and oxygen atoms in total. The summed E-state index contributed by atoms with van der Waals surface area (Å²) in [5, 5.41) is 2.54. The van der Waals surface area contributed by atoms with Gasteiger partial charge in [0.25, 0.3) is 5.91 Å². The average molecular weight is 242 g/mol. The lowest BCUT2D eigenvalue weighted by Crippen LogP contribution is -2.23. The SMILES string of the molecule is C#CC(=O)NCCc1ccc(Br)o1. The maximum atomic E-state index is 10.6. The van der Waals surface area contributed by atoms with Crippen LogP contribution in [-0.4, -0.2) is 12.5 Å². The predicted molar refractivity (Wildman–Crippen MR) is 52.0 cm³/mol. The number of nitrogens with one attached hydrogen (secondary N) is 1. The van der Waals surface area contributed by atoms with Gasteiger partial charge in [0.15, 0.2) is 4.67 Å². The van der Waals surface area contributed by atoms with E-state index < -0.39 is 5.91 Å². The van der Waals surface area contributed by atoms with Crippen molar-refractivity contribution < 1.29 is 9.21 Å². The molecule has 0 bridgehead atoms. The maximum absolute atomic E-state index is 10.6. The van der Waals surface area contributed by atoms with Gasteiger partial charge in [0.2, 0.25) is 0 Å². The van der Waals surface area contributed by atoms with E-state index in [0.29, 0.717) is 17.6 Å². The molecule has 1 amide bonds. The second kappa shape index (κ2) is 4.73. The van der Waals surface area contributed by atoms with E-state index in [4.69, 9.17) is 10.8 Å². The van der Waals surface area contributed by atoms with E-state index in [0.717, 1.165) is 5.76 Å². The molecule has 1 N–H and O–H groups in total. The molecule has 0 aliphatic heterocycles. The molecule has 0 aliphatic carbocycles. The summed E-state index contributed by atoms with van der Waals surface area (Å²) in [7, 11) is 0. The van der Waals surface area contributed by atoms with Crippen LogP contribution >= 0.6 is 15.9 Å². The van der Waals surface area contributed by atoms with E-state index in [1.165, 1.54) is 0 Å². The van der Waals surface area contributed by atoms with Crippen molar-refractivity contribution in [2.45, 2.75) is 6.42 Å². The lowest BCUT2D eigenvalue weighted by molar-refractivity contribution is -0.115. The Bertz CT molecular complexity index is 338. The van der Waals surface area contributed by atoms with Crippen LogP contribution in [0.3, 0.4) is 0 Å². The molecule has 4 heteroatoms. The van der Waals surface area contributed by atoms with Gasteiger partial charge in [-0.25, -0.2) is 0 Å². The van der Waals surface area contributed by atoms with Gasteiger partial charge in [-0.05, 0) is 34.0 Å². The fourth-order valence-electron chi connectivity index (χ4n) is 0.836. The van der Waals surface area contributed by atoms with Crippen LogP contribution in [0.25, 0.3) is 0 Å². The first-order valence-electron chi connectivity index (χ1n) is 3.71. The molecule has 1 heterocycles. The third-order valence-corrected chi connectivity index (χ3v) is 1.84. The number of hydrogen-bond donors (Lipinski definition) is 1. The van der Waals surface area contributed by atoms with E-state index in [9.17, 15) is 4.79 Å². The van der Waals surface area contributed by atoms with Crippen molar-refractivity contribution in [1.29, 1.82) is 0 Å². The first-order valence-corrected chi connectivity index (χ1v) is 4.50. The molecule has 0 aromatic carbocycles. The standard InChI is InChI=1S/C9H8BrNO2/c1-2-9(12)11-6-5-7-3-4-8(10)13-7/h1,3-4H,5-6H2,(H,11,12). The predicted octanol–water partition coefficient (Wildman–Crippen LogP) is 1.33. The Hall–Kier alpha value is -1.21. The molecule has 0 aliphatic rings. The smallest absolute Gasteiger partial charge is 0.295 e. The van der Waals surface area contributed by atoms with Gasteiger partial charge < -0.3 is 9.73 Å². The van der Waals surface area contributed by atoms with Crippen molar-refractivity contribution in [1.82, 2.24) is 5.32 Å². The van der Waals surface area contributed by atoms with Crippen molar-refractivity contribution in [3.63, 3.8) is 0 Å². The minimum absolute atomic E-state index is 0.398. The van der Waals surface area contributed by atoms with Gasteiger partial charge in [0.1, 0.15) is 5.76 Å². The largest absolute Gasteiger partial charge is 0.454 e. The van der Waals surface area contributed by atoms with Crippen LogP contribution in [0, 0.1) is 12.3 Å². The van der Waals surface area contributed by atoms with Crippen LogP contribution in [0.15, 0.2) is 21.2 Å². The van der Waals surface area contributed by atoms with Crippen LogP contribution in [0.1, 0.15) is 5.76 Å². The number of hydrogen-bond acceptors (Lipinski definition) is 2. The summed E-state index contributed by atoms with van der Waals surface area (Å²) in [6, 6.07) is 3.64. The molecule has 0 atom stereocenters. The zero-order valence-corrected chi connectivity index (χ0v) is 8.43. The van der Waals surface area contributed by atoms with Gasteiger partial charge in [-0.15, -0.1) is 6.42 Å².